The molecule has 0 radical (unpaired) electrons. The summed E-state index contributed by atoms with van der Waals surface area (Å²) in [6.07, 6.45) is 0. The monoisotopic (exact) mass is 390 g/mol. The molecule has 2 aromatic carbocycles. The molecule has 0 saturated carbocycles. The molecule has 0 N–H and O–H groups in total. The van der Waals surface area contributed by atoms with Crippen LogP contribution in [0.4, 0.5) is 0 Å². The fraction of sp³-hybridized carbons (Fsp3) is 0. The number of hydrogen-bond acceptors (Lipinski definition) is 6. The maximum Gasteiger partial charge on any atom is 2.00 e. The van der Waals surface area contributed by atoms with Crippen LogP contribution in [0, 0.1) is 0 Å². The number of nitrogens with zero attached hydrogens (tertiary/aromatic N) is 2. The number of aromatic nitrogens is 2. The zero-order valence-corrected chi connectivity index (χ0v) is 14.7. The molecule has 0 aliphatic carbocycles. The second kappa shape index (κ2) is 7.43. The minimum Gasteiger partial charge on any atom is -0.408 e. The van der Waals surface area contributed by atoms with Gasteiger partial charge in [0.1, 0.15) is 0 Å². The van der Waals surface area contributed by atoms with Crippen molar-refractivity contribution in [3.8, 4) is 0 Å². The van der Waals surface area contributed by atoms with Gasteiger partial charge in [0, 0.05) is 0 Å². The van der Waals surface area contributed by atoms with E-state index in [0.29, 0.717) is 0 Å². The number of hydrogen-bond donors (Lipinski definition) is 0. The first kappa shape index (κ1) is 16.5. The van der Waals surface area contributed by atoms with Crippen molar-refractivity contribution < 1.29 is 16.5 Å². The molecule has 108 valence electrons. The SMILES string of the molecule is [Ni+2].[S-]c1nc2ccccc2s1.[S-]c1nc2ccccc2s1. The van der Waals surface area contributed by atoms with Gasteiger partial charge in [0.2, 0.25) is 0 Å². The topological polar surface area (TPSA) is 25.8 Å². The minimum atomic E-state index is 0. The van der Waals surface area contributed by atoms with Crippen LogP contribution in [0.5, 0.6) is 0 Å². The molecule has 4 aromatic rings. The fourth-order valence-electron chi connectivity index (χ4n) is 1.70. The normalized spacial score (nSPS) is 9.90. The Kier molecular flexibility index (Phi) is 5.84. The van der Waals surface area contributed by atoms with Gasteiger partial charge in [0.05, 0.1) is 11.0 Å². The van der Waals surface area contributed by atoms with Crippen molar-refractivity contribution in [2.45, 2.75) is 8.68 Å². The summed E-state index contributed by atoms with van der Waals surface area (Å²) in [7, 11) is 0. The molecule has 0 atom stereocenters. The van der Waals surface area contributed by atoms with Crippen LogP contribution >= 0.6 is 22.7 Å². The van der Waals surface area contributed by atoms with Gasteiger partial charge in [0.15, 0.2) is 0 Å². The summed E-state index contributed by atoms with van der Waals surface area (Å²) in [5.41, 5.74) is 2.02. The summed E-state index contributed by atoms with van der Waals surface area (Å²) in [6, 6.07) is 15.9. The number of benzene rings is 2. The predicted molar refractivity (Wildman–Crippen MR) is 90.5 cm³/mol. The van der Waals surface area contributed by atoms with Gasteiger partial charge < -0.3 is 47.9 Å². The molecule has 2 aromatic heterocycles. The number of rotatable bonds is 0. The quantitative estimate of drug-likeness (QED) is 0.328. The van der Waals surface area contributed by atoms with Gasteiger partial charge in [-0.1, -0.05) is 36.4 Å². The Morgan fingerprint density at radius 1 is 0.667 bits per heavy atom. The van der Waals surface area contributed by atoms with E-state index in [4.69, 9.17) is 25.3 Å². The molecule has 7 heteroatoms. The zero-order chi connectivity index (χ0) is 13.9. The molecular weight excluding hydrogens is 383 g/mol. The summed E-state index contributed by atoms with van der Waals surface area (Å²) < 4.78 is 3.79. The molecule has 0 saturated heterocycles. The van der Waals surface area contributed by atoms with E-state index >= 15 is 0 Å². The average molecular weight is 391 g/mol. The van der Waals surface area contributed by atoms with Crippen LogP contribution in [0.3, 0.4) is 0 Å². The van der Waals surface area contributed by atoms with E-state index in [1.165, 1.54) is 9.40 Å². The van der Waals surface area contributed by atoms with E-state index in [1.807, 2.05) is 48.5 Å². The molecule has 4 rings (SSSR count). The second-order valence-electron chi connectivity index (χ2n) is 3.89. The first-order chi connectivity index (χ1) is 9.72. The maximum absolute atomic E-state index is 4.92. The van der Waals surface area contributed by atoms with Crippen LogP contribution < -0.4 is 0 Å². The summed E-state index contributed by atoms with van der Waals surface area (Å²) in [4.78, 5) is 8.29. The fourth-order valence-corrected chi connectivity index (χ4v) is 3.83. The first-order valence-corrected chi connectivity index (χ1v) is 8.22. The average Bonchev–Trinajstić information content (AvgIpc) is 2.99. The van der Waals surface area contributed by atoms with Gasteiger partial charge in [-0.3, -0.25) is 9.97 Å². The Balaban J connectivity index is 0.000000147. The Labute approximate surface area is 151 Å². The Morgan fingerprint density at radius 3 is 1.43 bits per heavy atom. The molecule has 0 bridgehead atoms. The van der Waals surface area contributed by atoms with Crippen molar-refractivity contribution in [3.05, 3.63) is 48.5 Å². The van der Waals surface area contributed by atoms with E-state index in [9.17, 15) is 0 Å². The summed E-state index contributed by atoms with van der Waals surface area (Å²) in [5, 5.41) is 0. The second-order valence-corrected chi connectivity index (χ2v) is 7.25. The molecule has 0 spiro atoms. The van der Waals surface area contributed by atoms with Crippen molar-refractivity contribution in [1.29, 1.82) is 0 Å². The van der Waals surface area contributed by atoms with Crippen molar-refractivity contribution in [2.75, 3.05) is 0 Å². The van der Waals surface area contributed by atoms with E-state index in [-0.39, 0.29) is 16.5 Å². The molecule has 21 heavy (non-hydrogen) atoms. The first-order valence-electron chi connectivity index (χ1n) is 5.77. The van der Waals surface area contributed by atoms with Crippen LogP contribution in [0.25, 0.3) is 20.4 Å². The van der Waals surface area contributed by atoms with Crippen molar-refractivity contribution in [1.82, 2.24) is 9.97 Å². The van der Waals surface area contributed by atoms with Gasteiger partial charge in [-0.2, -0.15) is 0 Å². The summed E-state index contributed by atoms with van der Waals surface area (Å²) in [6.45, 7) is 0. The summed E-state index contributed by atoms with van der Waals surface area (Å²) >= 11 is 13.0. The van der Waals surface area contributed by atoms with Crippen LogP contribution in [-0.4, -0.2) is 9.97 Å². The van der Waals surface area contributed by atoms with Gasteiger partial charge in [-0.15, -0.1) is 0 Å². The van der Waals surface area contributed by atoms with E-state index in [1.54, 1.807) is 22.7 Å². The van der Waals surface area contributed by atoms with E-state index in [0.717, 1.165) is 19.7 Å². The van der Waals surface area contributed by atoms with Crippen LogP contribution in [0.2, 0.25) is 0 Å². The van der Waals surface area contributed by atoms with Crippen molar-refractivity contribution >= 4 is 68.4 Å². The molecule has 0 aliphatic heterocycles. The molecule has 2 heterocycles. The minimum absolute atomic E-state index is 0. The zero-order valence-electron chi connectivity index (χ0n) is 10.5. The molecule has 0 fully saturated rings. The maximum atomic E-state index is 4.92. The van der Waals surface area contributed by atoms with Gasteiger partial charge in [-0.25, -0.2) is 0 Å². The number of fused-ring (bicyclic) bond motifs is 2. The Morgan fingerprint density at radius 2 is 1.05 bits per heavy atom. The van der Waals surface area contributed by atoms with Crippen LogP contribution in [-0.2, 0) is 41.7 Å². The van der Waals surface area contributed by atoms with Crippen molar-refractivity contribution in [2.24, 2.45) is 0 Å². The third-order valence-corrected chi connectivity index (χ3v) is 4.89. The molecule has 2 nitrogen and oxygen atoms in total. The smallest absolute Gasteiger partial charge is 0.408 e. The molecule has 0 unspecified atom stereocenters. The third kappa shape index (κ3) is 4.08. The molecule has 0 aliphatic rings. The Bertz CT molecular complexity index is 718. The van der Waals surface area contributed by atoms with Crippen molar-refractivity contribution in [3.63, 3.8) is 0 Å². The number of thiazole rings is 2. The van der Waals surface area contributed by atoms with Crippen LogP contribution in [0.15, 0.2) is 57.2 Å². The van der Waals surface area contributed by atoms with E-state index in [2.05, 4.69) is 9.97 Å². The van der Waals surface area contributed by atoms with Gasteiger partial charge in [-0.05, 0) is 30.2 Å². The third-order valence-electron chi connectivity index (χ3n) is 2.55. The van der Waals surface area contributed by atoms with Crippen LogP contribution in [0.1, 0.15) is 0 Å². The largest absolute Gasteiger partial charge is 2.00 e. The number of para-hydroxylation sites is 2. The summed E-state index contributed by atoms with van der Waals surface area (Å²) in [5.74, 6) is 0. The predicted octanol–water partition coefficient (Wildman–Crippen LogP) is 4.40. The standard InChI is InChI=1S/2C7H5NS2.Ni/c2*9-7-8-5-3-1-2-4-6(5)10-7;/h2*1-4H,(H,8,9);/q;;+2/p-2. The Hall–Kier alpha value is -0.846. The molecule has 0 amide bonds. The van der Waals surface area contributed by atoms with Gasteiger partial charge >= 0.3 is 16.5 Å². The van der Waals surface area contributed by atoms with E-state index < -0.39 is 0 Å². The molecular formula is C14H8N2NiS4. The van der Waals surface area contributed by atoms with Gasteiger partial charge in [0.25, 0.3) is 0 Å².